The summed E-state index contributed by atoms with van der Waals surface area (Å²) in [5, 5.41) is 0. The molecular weight excluding hydrogens is 364 g/mol. The summed E-state index contributed by atoms with van der Waals surface area (Å²) in [6.07, 6.45) is 7.00. The number of piperidine rings is 1. The zero-order valence-electron chi connectivity index (χ0n) is 16.6. The first kappa shape index (κ1) is 19.2. The van der Waals surface area contributed by atoms with Crippen molar-refractivity contribution in [2.24, 2.45) is 0 Å². The number of benzene rings is 1. The minimum Gasteiger partial charge on any atom is -0.481 e. The van der Waals surface area contributed by atoms with Crippen molar-refractivity contribution in [3.63, 3.8) is 0 Å². The van der Waals surface area contributed by atoms with Gasteiger partial charge in [-0.05, 0) is 44.0 Å². The molecule has 2 aromatic heterocycles. The van der Waals surface area contributed by atoms with Gasteiger partial charge in [0.15, 0.2) is 6.10 Å². The molecule has 1 amide bonds. The van der Waals surface area contributed by atoms with Crippen LogP contribution in [0.1, 0.15) is 37.2 Å². The molecule has 0 saturated carbocycles. The Kier molecular flexibility index (Phi) is 5.89. The smallest absolute Gasteiger partial charge is 0.263 e. The topological polar surface area (TPSA) is 60.2 Å². The van der Waals surface area contributed by atoms with Gasteiger partial charge in [-0.1, -0.05) is 24.3 Å². The van der Waals surface area contributed by atoms with E-state index >= 15 is 0 Å². The van der Waals surface area contributed by atoms with E-state index in [0.717, 1.165) is 49.7 Å². The second-order valence-electron chi connectivity index (χ2n) is 7.41. The number of para-hydroxylation sites is 1. The van der Waals surface area contributed by atoms with Crippen molar-refractivity contribution in [2.75, 3.05) is 13.1 Å². The monoisotopic (exact) mass is 390 g/mol. The number of hydrogen-bond donors (Lipinski definition) is 0. The molecule has 0 unspecified atom stereocenters. The average molecular weight is 390 g/mol. The molecule has 1 atom stereocenters. The van der Waals surface area contributed by atoms with Crippen LogP contribution >= 0.6 is 0 Å². The Bertz CT molecular complexity index is 918. The predicted molar refractivity (Wildman–Crippen MR) is 111 cm³/mol. The number of hydrogen-bond acceptors (Lipinski definition) is 4. The van der Waals surface area contributed by atoms with E-state index in [1.165, 1.54) is 0 Å². The maximum Gasteiger partial charge on any atom is 0.263 e. The fourth-order valence-electron chi connectivity index (χ4n) is 3.85. The van der Waals surface area contributed by atoms with E-state index in [9.17, 15) is 4.79 Å². The van der Waals surface area contributed by atoms with Gasteiger partial charge in [0.1, 0.15) is 11.6 Å². The fraction of sp³-hybridized carbons (Fsp3) is 0.348. The molecule has 0 spiro atoms. The van der Waals surface area contributed by atoms with Gasteiger partial charge in [0, 0.05) is 37.6 Å². The molecule has 0 bridgehead atoms. The second-order valence-corrected chi connectivity index (χ2v) is 7.41. The van der Waals surface area contributed by atoms with Gasteiger partial charge < -0.3 is 14.2 Å². The Labute approximate surface area is 171 Å². The number of rotatable bonds is 6. The first-order chi connectivity index (χ1) is 14.2. The Morgan fingerprint density at radius 3 is 2.55 bits per heavy atom. The van der Waals surface area contributed by atoms with Crippen LogP contribution in [0, 0.1) is 0 Å². The van der Waals surface area contributed by atoms with E-state index in [1.807, 2.05) is 78.9 Å². The predicted octanol–water partition coefficient (Wildman–Crippen LogP) is 3.50. The number of nitrogens with zero attached hydrogens (tertiary/aromatic N) is 4. The van der Waals surface area contributed by atoms with Gasteiger partial charge >= 0.3 is 0 Å². The van der Waals surface area contributed by atoms with E-state index in [-0.39, 0.29) is 5.91 Å². The van der Waals surface area contributed by atoms with Gasteiger partial charge in [-0.15, -0.1) is 0 Å². The molecule has 0 radical (unpaired) electrons. The zero-order valence-corrected chi connectivity index (χ0v) is 16.6. The SMILES string of the molecule is C[C@@H](Oc1ccccc1)C(=O)N1CCC(c2nccn2Cc2ccccn2)CC1. The van der Waals surface area contributed by atoms with Crippen LogP contribution in [-0.2, 0) is 11.3 Å². The van der Waals surface area contributed by atoms with Gasteiger partial charge in [-0.2, -0.15) is 0 Å². The lowest BCUT2D eigenvalue weighted by Gasteiger charge is -2.33. The summed E-state index contributed by atoms with van der Waals surface area (Å²) in [6.45, 7) is 3.99. The van der Waals surface area contributed by atoms with E-state index in [4.69, 9.17) is 4.74 Å². The van der Waals surface area contributed by atoms with Crippen LogP contribution in [0.2, 0.25) is 0 Å². The van der Waals surface area contributed by atoms with Crippen LogP contribution in [0.3, 0.4) is 0 Å². The molecule has 29 heavy (non-hydrogen) atoms. The molecular formula is C23H26N4O2. The number of pyridine rings is 1. The highest BCUT2D eigenvalue weighted by Gasteiger charge is 2.29. The van der Waals surface area contributed by atoms with E-state index < -0.39 is 6.10 Å². The number of aromatic nitrogens is 3. The molecule has 1 saturated heterocycles. The van der Waals surface area contributed by atoms with Crippen LogP contribution in [-0.4, -0.2) is 44.5 Å². The lowest BCUT2D eigenvalue weighted by molar-refractivity contribution is -0.139. The van der Waals surface area contributed by atoms with Crippen molar-refractivity contribution in [1.29, 1.82) is 0 Å². The minimum atomic E-state index is -0.486. The Morgan fingerprint density at radius 2 is 1.83 bits per heavy atom. The Balaban J connectivity index is 1.34. The largest absolute Gasteiger partial charge is 0.481 e. The van der Waals surface area contributed by atoms with Gasteiger partial charge in [0.05, 0.1) is 12.2 Å². The first-order valence-electron chi connectivity index (χ1n) is 10.1. The maximum atomic E-state index is 12.8. The van der Waals surface area contributed by atoms with Gasteiger partial charge in [0.25, 0.3) is 5.91 Å². The van der Waals surface area contributed by atoms with Crippen LogP contribution in [0.4, 0.5) is 0 Å². The summed E-state index contributed by atoms with van der Waals surface area (Å²) in [7, 11) is 0. The number of carbonyl (C=O) groups excluding carboxylic acids is 1. The molecule has 3 heterocycles. The molecule has 6 heteroatoms. The third kappa shape index (κ3) is 4.65. The van der Waals surface area contributed by atoms with Crippen LogP contribution in [0.15, 0.2) is 67.1 Å². The number of likely N-dealkylation sites (tertiary alicyclic amines) is 1. The number of imidazole rings is 1. The molecule has 6 nitrogen and oxygen atoms in total. The summed E-state index contributed by atoms with van der Waals surface area (Å²) >= 11 is 0. The molecule has 0 N–H and O–H groups in total. The number of amides is 1. The fourth-order valence-corrected chi connectivity index (χ4v) is 3.85. The molecule has 150 valence electrons. The summed E-state index contributed by atoms with van der Waals surface area (Å²) < 4.78 is 7.97. The Morgan fingerprint density at radius 1 is 1.07 bits per heavy atom. The van der Waals surface area contributed by atoms with Crippen molar-refractivity contribution in [2.45, 2.75) is 38.3 Å². The normalized spacial score (nSPS) is 15.8. The van der Waals surface area contributed by atoms with Crippen molar-refractivity contribution in [1.82, 2.24) is 19.4 Å². The van der Waals surface area contributed by atoms with Gasteiger partial charge in [-0.3, -0.25) is 9.78 Å². The number of carbonyl (C=O) groups is 1. The lowest BCUT2D eigenvalue weighted by Crippen LogP contribution is -2.44. The van der Waals surface area contributed by atoms with Gasteiger partial charge in [-0.25, -0.2) is 4.98 Å². The number of ether oxygens (including phenoxy) is 1. The van der Waals surface area contributed by atoms with E-state index in [0.29, 0.717) is 5.92 Å². The summed E-state index contributed by atoms with van der Waals surface area (Å²) in [5.74, 6) is 2.20. The zero-order chi connectivity index (χ0) is 20.1. The molecule has 1 aliphatic heterocycles. The van der Waals surface area contributed by atoms with E-state index in [1.54, 1.807) is 0 Å². The summed E-state index contributed by atoms with van der Waals surface area (Å²) in [5.41, 5.74) is 1.02. The maximum absolute atomic E-state index is 12.8. The van der Waals surface area contributed by atoms with Crippen molar-refractivity contribution < 1.29 is 9.53 Å². The summed E-state index contributed by atoms with van der Waals surface area (Å²) in [6, 6.07) is 15.4. The minimum absolute atomic E-state index is 0.0455. The molecule has 3 aromatic rings. The molecule has 1 aromatic carbocycles. The Hall–Kier alpha value is -3.15. The first-order valence-corrected chi connectivity index (χ1v) is 10.1. The van der Waals surface area contributed by atoms with Gasteiger partial charge in [0.2, 0.25) is 0 Å². The highest BCUT2D eigenvalue weighted by molar-refractivity contribution is 5.81. The average Bonchev–Trinajstić information content (AvgIpc) is 3.23. The molecule has 1 aliphatic rings. The third-order valence-corrected chi connectivity index (χ3v) is 5.38. The lowest BCUT2D eigenvalue weighted by atomic mass is 9.95. The summed E-state index contributed by atoms with van der Waals surface area (Å²) in [4.78, 5) is 23.7. The van der Waals surface area contributed by atoms with Crippen LogP contribution < -0.4 is 4.74 Å². The third-order valence-electron chi connectivity index (χ3n) is 5.38. The molecule has 0 aliphatic carbocycles. The quantitative estimate of drug-likeness (QED) is 0.646. The van der Waals surface area contributed by atoms with Crippen molar-refractivity contribution in [3.05, 3.63) is 78.6 Å². The van der Waals surface area contributed by atoms with Crippen molar-refractivity contribution >= 4 is 5.91 Å². The molecule has 4 rings (SSSR count). The van der Waals surface area contributed by atoms with Crippen LogP contribution in [0.5, 0.6) is 5.75 Å². The van der Waals surface area contributed by atoms with Crippen LogP contribution in [0.25, 0.3) is 0 Å². The van der Waals surface area contributed by atoms with Crippen molar-refractivity contribution in [3.8, 4) is 5.75 Å². The highest BCUT2D eigenvalue weighted by atomic mass is 16.5. The standard InChI is InChI=1S/C23H26N4O2/c1-18(29-21-8-3-2-4-9-21)23(28)26-14-10-19(11-15-26)22-25-13-16-27(22)17-20-7-5-6-12-24-20/h2-9,12-13,16,18-19H,10-11,14-15,17H2,1H3/t18-/m1/s1. The molecule has 1 fully saturated rings. The van der Waals surface area contributed by atoms with E-state index in [2.05, 4.69) is 14.5 Å². The second kappa shape index (κ2) is 8.90. The highest BCUT2D eigenvalue weighted by Crippen LogP contribution is 2.28.